The Morgan fingerprint density at radius 3 is 2.95 bits per heavy atom. The number of carbonyl (C=O) groups excluding carboxylic acids is 1. The molecule has 6 heteroatoms. The third-order valence-corrected chi connectivity index (χ3v) is 2.92. The Hall–Kier alpha value is -2.24. The van der Waals surface area contributed by atoms with Crippen molar-refractivity contribution in [1.29, 1.82) is 0 Å². The van der Waals surface area contributed by atoms with E-state index in [2.05, 4.69) is 10.1 Å². The van der Waals surface area contributed by atoms with E-state index >= 15 is 0 Å². The van der Waals surface area contributed by atoms with E-state index in [0.29, 0.717) is 12.4 Å². The Kier molecular flexibility index (Phi) is 4.45. The van der Waals surface area contributed by atoms with E-state index in [1.165, 1.54) is 25.6 Å². The predicted octanol–water partition coefficient (Wildman–Crippen LogP) is 2.26. The first-order valence-electron chi connectivity index (χ1n) is 6.39. The average Bonchev–Trinajstić information content (AvgIpc) is 2.86. The molecule has 0 fully saturated rings. The highest BCUT2D eigenvalue weighted by Crippen LogP contribution is 2.22. The fourth-order valence-corrected chi connectivity index (χ4v) is 2.00. The van der Waals surface area contributed by atoms with Crippen molar-refractivity contribution in [2.24, 2.45) is 0 Å². The van der Waals surface area contributed by atoms with Crippen LogP contribution in [0.4, 0.5) is 4.39 Å². The number of Topliss-reactive ketones (excluding diaryl/α,β-unsaturated/α-hetero) is 1. The summed E-state index contributed by atoms with van der Waals surface area (Å²) in [6.07, 6.45) is 2.28. The summed E-state index contributed by atoms with van der Waals surface area (Å²) in [7, 11) is 1.41. The maximum atomic E-state index is 13.8. The Labute approximate surface area is 116 Å². The SMILES string of the molecule is CCCn1ncnc1CC(=O)c1c(F)cccc1OC. The fourth-order valence-electron chi connectivity index (χ4n) is 2.00. The van der Waals surface area contributed by atoms with Crippen molar-refractivity contribution in [2.45, 2.75) is 26.3 Å². The number of rotatable bonds is 6. The number of methoxy groups -OCH3 is 1. The molecule has 20 heavy (non-hydrogen) atoms. The van der Waals surface area contributed by atoms with Crippen molar-refractivity contribution in [3.63, 3.8) is 0 Å². The second-order valence-corrected chi connectivity index (χ2v) is 4.32. The van der Waals surface area contributed by atoms with Gasteiger partial charge in [-0.05, 0) is 18.6 Å². The van der Waals surface area contributed by atoms with Crippen molar-refractivity contribution in [3.8, 4) is 5.75 Å². The molecule has 106 valence electrons. The summed E-state index contributed by atoms with van der Waals surface area (Å²) in [5.41, 5.74) is -0.0407. The molecule has 5 nitrogen and oxygen atoms in total. The summed E-state index contributed by atoms with van der Waals surface area (Å²) in [5, 5.41) is 4.05. The molecule has 0 saturated heterocycles. The smallest absolute Gasteiger partial charge is 0.177 e. The van der Waals surface area contributed by atoms with Gasteiger partial charge in [0.05, 0.1) is 19.1 Å². The molecule has 1 heterocycles. The van der Waals surface area contributed by atoms with E-state index in [4.69, 9.17) is 4.74 Å². The highest BCUT2D eigenvalue weighted by molar-refractivity contribution is 5.99. The van der Waals surface area contributed by atoms with Crippen LogP contribution in [-0.2, 0) is 13.0 Å². The number of hydrogen-bond donors (Lipinski definition) is 0. The molecule has 0 aliphatic rings. The Morgan fingerprint density at radius 1 is 1.45 bits per heavy atom. The summed E-state index contributed by atoms with van der Waals surface area (Å²) < 4.78 is 20.5. The van der Waals surface area contributed by atoms with Crippen molar-refractivity contribution in [3.05, 3.63) is 41.7 Å². The number of nitrogens with zero attached hydrogens (tertiary/aromatic N) is 3. The van der Waals surface area contributed by atoms with Crippen LogP contribution in [0.2, 0.25) is 0 Å². The van der Waals surface area contributed by atoms with Crippen LogP contribution in [0.3, 0.4) is 0 Å². The van der Waals surface area contributed by atoms with E-state index in [0.717, 1.165) is 6.42 Å². The highest BCUT2D eigenvalue weighted by atomic mass is 19.1. The minimum absolute atomic E-state index is 0.00269. The largest absolute Gasteiger partial charge is 0.496 e. The predicted molar refractivity (Wildman–Crippen MR) is 71.3 cm³/mol. The van der Waals surface area contributed by atoms with Gasteiger partial charge in [0.1, 0.15) is 23.7 Å². The average molecular weight is 277 g/mol. The summed E-state index contributed by atoms with van der Waals surface area (Å²) in [6.45, 7) is 2.68. The van der Waals surface area contributed by atoms with Crippen LogP contribution in [0, 0.1) is 5.82 Å². The van der Waals surface area contributed by atoms with E-state index in [1.807, 2.05) is 6.92 Å². The van der Waals surface area contributed by atoms with Gasteiger partial charge >= 0.3 is 0 Å². The molecule has 0 radical (unpaired) electrons. The topological polar surface area (TPSA) is 57.0 Å². The number of carbonyl (C=O) groups is 1. The zero-order valence-corrected chi connectivity index (χ0v) is 11.5. The van der Waals surface area contributed by atoms with Crippen LogP contribution in [0.15, 0.2) is 24.5 Å². The molecule has 1 aromatic carbocycles. The van der Waals surface area contributed by atoms with Crippen LogP contribution < -0.4 is 4.74 Å². The van der Waals surface area contributed by atoms with Gasteiger partial charge in [0, 0.05) is 6.54 Å². The first kappa shape index (κ1) is 14.2. The van der Waals surface area contributed by atoms with Gasteiger partial charge < -0.3 is 4.74 Å². The summed E-state index contributed by atoms with van der Waals surface area (Å²) >= 11 is 0. The fraction of sp³-hybridized carbons (Fsp3) is 0.357. The first-order valence-corrected chi connectivity index (χ1v) is 6.39. The van der Waals surface area contributed by atoms with Gasteiger partial charge in [-0.2, -0.15) is 5.10 Å². The van der Waals surface area contributed by atoms with Crippen LogP contribution in [-0.4, -0.2) is 27.7 Å². The van der Waals surface area contributed by atoms with Gasteiger partial charge in [0.2, 0.25) is 0 Å². The third kappa shape index (κ3) is 2.84. The summed E-state index contributed by atoms with van der Waals surface area (Å²) in [5.74, 6) is -0.195. The molecule has 0 aliphatic heterocycles. The second-order valence-electron chi connectivity index (χ2n) is 4.32. The lowest BCUT2D eigenvalue weighted by Crippen LogP contribution is -2.13. The maximum Gasteiger partial charge on any atom is 0.177 e. The van der Waals surface area contributed by atoms with Crippen LogP contribution >= 0.6 is 0 Å². The zero-order valence-electron chi connectivity index (χ0n) is 11.5. The third-order valence-electron chi connectivity index (χ3n) is 2.92. The molecule has 0 amide bonds. The van der Waals surface area contributed by atoms with Crippen LogP contribution in [0.5, 0.6) is 5.75 Å². The Balaban J connectivity index is 2.26. The van der Waals surface area contributed by atoms with Crippen molar-refractivity contribution in [1.82, 2.24) is 14.8 Å². The molecule has 0 bridgehead atoms. The lowest BCUT2D eigenvalue weighted by atomic mass is 10.1. The minimum Gasteiger partial charge on any atom is -0.496 e. The monoisotopic (exact) mass is 277 g/mol. The maximum absolute atomic E-state index is 13.8. The lowest BCUT2D eigenvalue weighted by molar-refractivity contribution is 0.0982. The molecular weight excluding hydrogens is 261 g/mol. The summed E-state index contributed by atoms with van der Waals surface area (Å²) in [6, 6.07) is 4.31. The van der Waals surface area contributed by atoms with Crippen molar-refractivity contribution >= 4 is 5.78 Å². The second kappa shape index (κ2) is 6.27. The van der Waals surface area contributed by atoms with Crippen LogP contribution in [0.1, 0.15) is 29.5 Å². The van der Waals surface area contributed by atoms with Gasteiger partial charge in [-0.1, -0.05) is 13.0 Å². The van der Waals surface area contributed by atoms with Crippen molar-refractivity contribution in [2.75, 3.05) is 7.11 Å². The van der Waals surface area contributed by atoms with Gasteiger partial charge in [-0.25, -0.2) is 14.1 Å². The number of aryl methyl sites for hydroxylation is 1. The number of halogens is 1. The van der Waals surface area contributed by atoms with Gasteiger partial charge in [-0.15, -0.1) is 0 Å². The zero-order chi connectivity index (χ0) is 14.5. The van der Waals surface area contributed by atoms with Gasteiger partial charge in [-0.3, -0.25) is 4.79 Å². The van der Waals surface area contributed by atoms with Gasteiger partial charge in [0.25, 0.3) is 0 Å². The lowest BCUT2D eigenvalue weighted by Gasteiger charge is -2.09. The molecule has 0 saturated carbocycles. The molecule has 2 aromatic rings. The van der Waals surface area contributed by atoms with E-state index < -0.39 is 5.82 Å². The molecule has 0 spiro atoms. The molecule has 0 aliphatic carbocycles. The number of ether oxygens (including phenoxy) is 1. The number of benzene rings is 1. The van der Waals surface area contributed by atoms with Crippen LogP contribution in [0.25, 0.3) is 0 Å². The summed E-state index contributed by atoms with van der Waals surface area (Å²) in [4.78, 5) is 16.3. The number of aromatic nitrogens is 3. The molecule has 2 rings (SSSR count). The first-order chi connectivity index (χ1) is 9.67. The minimum atomic E-state index is -0.587. The van der Waals surface area contributed by atoms with E-state index in [9.17, 15) is 9.18 Å². The molecule has 0 unspecified atom stereocenters. The standard InChI is InChI=1S/C14H16FN3O2/c1-3-7-18-13(16-9-17-18)8-11(19)14-10(15)5-4-6-12(14)20-2/h4-6,9H,3,7-8H2,1-2H3. The number of hydrogen-bond acceptors (Lipinski definition) is 4. The van der Waals surface area contributed by atoms with E-state index in [1.54, 1.807) is 10.7 Å². The quantitative estimate of drug-likeness (QED) is 0.760. The highest BCUT2D eigenvalue weighted by Gasteiger charge is 2.19. The van der Waals surface area contributed by atoms with Crippen molar-refractivity contribution < 1.29 is 13.9 Å². The molecule has 0 atom stereocenters. The van der Waals surface area contributed by atoms with Gasteiger partial charge in [0.15, 0.2) is 5.78 Å². The normalized spacial score (nSPS) is 10.6. The molecule has 0 N–H and O–H groups in total. The molecular formula is C14H16FN3O2. The Morgan fingerprint density at radius 2 is 2.25 bits per heavy atom. The molecule has 1 aromatic heterocycles. The number of ketones is 1. The Bertz CT molecular complexity index is 610. The van der Waals surface area contributed by atoms with E-state index in [-0.39, 0.29) is 23.5 Å².